The van der Waals surface area contributed by atoms with Gasteiger partial charge in [-0.15, -0.1) is 0 Å². The number of nitrogens with zero attached hydrogens (tertiary/aromatic N) is 3. The molecule has 0 bridgehead atoms. The van der Waals surface area contributed by atoms with E-state index in [2.05, 4.69) is 20.9 Å². The maximum Gasteiger partial charge on any atom is 0.220 e. The number of pyridine rings is 1. The number of aromatic nitrogens is 1. The van der Waals surface area contributed by atoms with Crippen LogP contribution in [0.25, 0.3) is 0 Å². The standard InChI is InChI=1S/C17H26N4O/c1-14(16(18)22)11-17(4-5-17)21-9-7-20(8-10-21)13-15-3-2-6-19-12-15/h2-3,6,12,14H,4-5,7-11,13H2,1H3,(H2,18,22). The zero-order valence-corrected chi connectivity index (χ0v) is 13.4. The van der Waals surface area contributed by atoms with E-state index in [1.165, 1.54) is 18.4 Å². The van der Waals surface area contributed by atoms with Crippen LogP contribution in [0.2, 0.25) is 0 Å². The van der Waals surface area contributed by atoms with Crippen molar-refractivity contribution in [2.75, 3.05) is 26.2 Å². The highest BCUT2D eigenvalue weighted by Gasteiger charge is 2.49. The van der Waals surface area contributed by atoms with Gasteiger partial charge in [0.25, 0.3) is 0 Å². The van der Waals surface area contributed by atoms with E-state index in [1.54, 1.807) is 0 Å². The molecule has 5 nitrogen and oxygen atoms in total. The topological polar surface area (TPSA) is 62.5 Å². The molecule has 120 valence electrons. The number of rotatable bonds is 6. The van der Waals surface area contributed by atoms with Crippen molar-refractivity contribution >= 4 is 5.91 Å². The summed E-state index contributed by atoms with van der Waals surface area (Å²) >= 11 is 0. The van der Waals surface area contributed by atoms with Crippen LogP contribution in [0.3, 0.4) is 0 Å². The van der Waals surface area contributed by atoms with E-state index in [9.17, 15) is 4.79 Å². The fourth-order valence-corrected chi connectivity index (χ4v) is 3.59. The van der Waals surface area contributed by atoms with Gasteiger partial charge in [0, 0.05) is 56.6 Å². The van der Waals surface area contributed by atoms with E-state index >= 15 is 0 Å². The molecule has 1 saturated heterocycles. The number of hydrogen-bond donors (Lipinski definition) is 1. The van der Waals surface area contributed by atoms with Gasteiger partial charge in [-0.1, -0.05) is 13.0 Å². The van der Waals surface area contributed by atoms with Gasteiger partial charge in [0.2, 0.25) is 5.91 Å². The normalized spacial score (nSPS) is 23.1. The van der Waals surface area contributed by atoms with E-state index in [4.69, 9.17) is 5.73 Å². The van der Waals surface area contributed by atoms with E-state index in [0.29, 0.717) is 0 Å². The molecule has 1 atom stereocenters. The third kappa shape index (κ3) is 3.47. The summed E-state index contributed by atoms with van der Waals surface area (Å²) in [5.41, 5.74) is 6.97. The molecule has 1 aliphatic carbocycles. The minimum atomic E-state index is -0.165. The van der Waals surface area contributed by atoms with Crippen molar-refractivity contribution in [3.63, 3.8) is 0 Å². The Hall–Kier alpha value is -1.46. The van der Waals surface area contributed by atoms with Gasteiger partial charge < -0.3 is 5.73 Å². The Balaban J connectivity index is 1.50. The number of amides is 1. The maximum absolute atomic E-state index is 11.3. The fraction of sp³-hybridized carbons (Fsp3) is 0.647. The Kier molecular flexibility index (Phi) is 4.45. The summed E-state index contributed by atoms with van der Waals surface area (Å²) in [5, 5.41) is 0. The monoisotopic (exact) mass is 302 g/mol. The number of primary amides is 1. The van der Waals surface area contributed by atoms with Crippen LogP contribution in [-0.4, -0.2) is 52.4 Å². The van der Waals surface area contributed by atoms with Crippen LogP contribution in [0.15, 0.2) is 24.5 Å². The summed E-state index contributed by atoms with van der Waals surface area (Å²) in [6.45, 7) is 7.29. The lowest BCUT2D eigenvalue weighted by molar-refractivity contribution is -0.122. The first kappa shape index (κ1) is 15.4. The number of piperazine rings is 1. The summed E-state index contributed by atoms with van der Waals surface area (Å²) in [5.74, 6) is -0.183. The van der Waals surface area contributed by atoms with Gasteiger partial charge in [-0.2, -0.15) is 0 Å². The van der Waals surface area contributed by atoms with Crippen LogP contribution in [-0.2, 0) is 11.3 Å². The average Bonchev–Trinajstić information content (AvgIpc) is 3.29. The van der Waals surface area contributed by atoms with Crippen LogP contribution >= 0.6 is 0 Å². The van der Waals surface area contributed by atoms with Gasteiger partial charge in [-0.05, 0) is 30.9 Å². The first-order valence-electron chi connectivity index (χ1n) is 8.25. The number of nitrogens with two attached hydrogens (primary N) is 1. The van der Waals surface area contributed by atoms with E-state index in [1.807, 2.05) is 25.4 Å². The van der Waals surface area contributed by atoms with Crippen molar-refractivity contribution in [2.24, 2.45) is 11.7 Å². The van der Waals surface area contributed by atoms with E-state index in [-0.39, 0.29) is 17.4 Å². The quantitative estimate of drug-likeness (QED) is 0.859. The minimum Gasteiger partial charge on any atom is -0.369 e. The van der Waals surface area contributed by atoms with Gasteiger partial charge in [0.1, 0.15) is 0 Å². The summed E-state index contributed by atoms with van der Waals surface area (Å²) in [4.78, 5) is 20.6. The molecule has 3 rings (SSSR count). The highest BCUT2D eigenvalue weighted by molar-refractivity contribution is 5.76. The Labute approximate surface area is 132 Å². The summed E-state index contributed by atoms with van der Waals surface area (Å²) in [6.07, 6.45) is 7.12. The van der Waals surface area contributed by atoms with Crippen LogP contribution in [0, 0.1) is 5.92 Å². The molecule has 1 aliphatic heterocycles. The molecular weight excluding hydrogens is 276 g/mol. The molecule has 1 aromatic heterocycles. The SMILES string of the molecule is CC(CC1(N2CCN(Cc3cccnc3)CC2)CC1)C(N)=O. The van der Waals surface area contributed by atoms with Gasteiger partial charge >= 0.3 is 0 Å². The van der Waals surface area contributed by atoms with Gasteiger partial charge in [-0.3, -0.25) is 19.6 Å². The lowest BCUT2D eigenvalue weighted by Crippen LogP contribution is -2.52. The number of hydrogen-bond acceptors (Lipinski definition) is 4. The van der Waals surface area contributed by atoms with E-state index < -0.39 is 0 Å². The molecule has 0 spiro atoms. The van der Waals surface area contributed by atoms with Crippen molar-refractivity contribution in [2.45, 2.75) is 38.3 Å². The molecule has 22 heavy (non-hydrogen) atoms. The number of carbonyl (C=O) groups is 1. The smallest absolute Gasteiger partial charge is 0.220 e. The Bertz CT molecular complexity index is 507. The molecule has 1 aromatic rings. The lowest BCUT2D eigenvalue weighted by Gasteiger charge is -2.40. The van der Waals surface area contributed by atoms with Crippen molar-refractivity contribution in [1.29, 1.82) is 0 Å². The molecule has 0 aromatic carbocycles. The van der Waals surface area contributed by atoms with Gasteiger partial charge in [0.05, 0.1) is 0 Å². The van der Waals surface area contributed by atoms with E-state index in [0.717, 1.165) is 39.1 Å². The second kappa shape index (κ2) is 6.34. The van der Waals surface area contributed by atoms with Crippen LogP contribution in [0.5, 0.6) is 0 Å². The Morgan fingerprint density at radius 1 is 1.36 bits per heavy atom. The molecule has 2 N–H and O–H groups in total. The minimum absolute atomic E-state index is 0.0177. The third-order valence-electron chi connectivity index (χ3n) is 5.17. The highest BCUT2D eigenvalue weighted by atomic mass is 16.1. The average molecular weight is 302 g/mol. The first-order valence-corrected chi connectivity index (χ1v) is 8.25. The molecule has 2 fully saturated rings. The first-order chi connectivity index (χ1) is 10.6. The fourth-order valence-electron chi connectivity index (χ4n) is 3.59. The number of carbonyl (C=O) groups excluding carboxylic acids is 1. The zero-order valence-electron chi connectivity index (χ0n) is 13.4. The molecule has 0 radical (unpaired) electrons. The molecule has 1 amide bonds. The molecule has 2 aliphatic rings. The molecule has 1 unspecified atom stereocenters. The van der Waals surface area contributed by atoms with Gasteiger partial charge in [0.15, 0.2) is 0 Å². The summed E-state index contributed by atoms with van der Waals surface area (Å²) in [6, 6.07) is 4.13. The molecule has 5 heteroatoms. The van der Waals surface area contributed by atoms with Crippen molar-refractivity contribution in [1.82, 2.24) is 14.8 Å². The van der Waals surface area contributed by atoms with Crippen molar-refractivity contribution in [3.05, 3.63) is 30.1 Å². The second-order valence-corrected chi connectivity index (χ2v) is 6.86. The summed E-state index contributed by atoms with van der Waals surface area (Å²) in [7, 11) is 0. The summed E-state index contributed by atoms with van der Waals surface area (Å²) < 4.78 is 0. The Morgan fingerprint density at radius 2 is 2.09 bits per heavy atom. The highest BCUT2D eigenvalue weighted by Crippen LogP contribution is 2.47. The predicted octanol–water partition coefficient (Wildman–Crippen LogP) is 1.24. The van der Waals surface area contributed by atoms with Gasteiger partial charge in [-0.25, -0.2) is 0 Å². The third-order valence-corrected chi connectivity index (χ3v) is 5.17. The second-order valence-electron chi connectivity index (χ2n) is 6.86. The maximum atomic E-state index is 11.3. The van der Waals surface area contributed by atoms with Crippen molar-refractivity contribution in [3.8, 4) is 0 Å². The molecule has 1 saturated carbocycles. The van der Waals surface area contributed by atoms with Crippen LogP contribution < -0.4 is 5.73 Å². The predicted molar refractivity (Wildman–Crippen MR) is 86.0 cm³/mol. The Morgan fingerprint density at radius 3 is 2.64 bits per heavy atom. The van der Waals surface area contributed by atoms with Crippen molar-refractivity contribution < 1.29 is 4.79 Å². The molecule has 2 heterocycles. The largest absolute Gasteiger partial charge is 0.369 e. The van der Waals surface area contributed by atoms with Crippen LogP contribution in [0.1, 0.15) is 31.7 Å². The zero-order chi connectivity index (χ0) is 15.6. The molecular formula is C17H26N4O. The van der Waals surface area contributed by atoms with Crippen LogP contribution in [0.4, 0.5) is 0 Å². The lowest BCUT2D eigenvalue weighted by atomic mass is 9.97.